The van der Waals surface area contributed by atoms with Crippen molar-refractivity contribution in [2.24, 2.45) is 0 Å². The summed E-state index contributed by atoms with van der Waals surface area (Å²) in [5.41, 5.74) is 3.41. The average molecular weight is 281 g/mol. The third-order valence-corrected chi connectivity index (χ3v) is 3.39. The van der Waals surface area contributed by atoms with E-state index in [9.17, 15) is 0 Å². The lowest BCUT2D eigenvalue weighted by atomic mass is 10.1. The first-order valence-corrected chi connectivity index (χ1v) is 7.21. The van der Waals surface area contributed by atoms with Gasteiger partial charge in [-0.25, -0.2) is 0 Å². The zero-order valence-electron chi connectivity index (χ0n) is 12.5. The molecule has 0 fully saturated rings. The molecule has 0 spiro atoms. The van der Waals surface area contributed by atoms with Crippen LogP contribution in [-0.4, -0.2) is 20.1 Å². The molecule has 0 amide bonds. The molecule has 2 nitrogen and oxygen atoms in total. The molecule has 0 saturated carbocycles. The van der Waals surface area contributed by atoms with Gasteiger partial charge in [-0.3, -0.25) is 0 Å². The Morgan fingerprint density at radius 2 is 2.16 bits per heavy atom. The number of anilines is 1. The normalized spacial score (nSPS) is 12.3. The highest BCUT2D eigenvalue weighted by atomic mass is 35.5. The number of likely N-dealkylation sites (N-methyl/N-ethyl adjacent to an activating group) is 1. The number of nitrogens with zero attached hydrogens (tertiary/aromatic N) is 1. The zero-order chi connectivity index (χ0) is 14.4. The molecule has 3 heteroatoms. The van der Waals surface area contributed by atoms with Crippen molar-refractivity contribution < 1.29 is 0 Å². The van der Waals surface area contributed by atoms with E-state index < -0.39 is 0 Å². The number of hydrogen-bond donors (Lipinski definition) is 1. The van der Waals surface area contributed by atoms with Crippen LogP contribution >= 0.6 is 11.6 Å². The van der Waals surface area contributed by atoms with Crippen molar-refractivity contribution in [3.63, 3.8) is 0 Å². The lowest BCUT2D eigenvalue weighted by Crippen LogP contribution is -2.21. The van der Waals surface area contributed by atoms with E-state index in [4.69, 9.17) is 11.6 Å². The number of hydrogen-bond acceptors (Lipinski definition) is 2. The molecule has 0 radical (unpaired) electrons. The number of halogens is 1. The smallest absolute Gasteiger partial charge is 0.0642 e. The monoisotopic (exact) mass is 280 g/mol. The van der Waals surface area contributed by atoms with Crippen molar-refractivity contribution in [3.05, 3.63) is 40.9 Å². The van der Waals surface area contributed by atoms with Gasteiger partial charge in [0.05, 0.1) is 10.7 Å². The zero-order valence-corrected chi connectivity index (χ0v) is 13.2. The summed E-state index contributed by atoms with van der Waals surface area (Å²) >= 11 is 6.39. The molecular weight excluding hydrogens is 256 g/mol. The van der Waals surface area contributed by atoms with Crippen LogP contribution in [0.3, 0.4) is 0 Å². The van der Waals surface area contributed by atoms with Gasteiger partial charge in [-0.05, 0) is 44.5 Å². The van der Waals surface area contributed by atoms with E-state index in [-0.39, 0.29) is 0 Å². The molecule has 0 aromatic heterocycles. The largest absolute Gasteiger partial charge is 0.369 e. The first-order valence-electron chi connectivity index (χ1n) is 6.84. The van der Waals surface area contributed by atoms with Gasteiger partial charge in [-0.1, -0.05) is 36.7 Å². The van der Waals surface area contributed by atoms with Crippen LogP contribution in [0.2, 0.25) is 5.02 Å². The van der Waals surface area contributed by atoms with Crippen LogP contribution in [0.25, 0.3) is 0 Å². The van der Waals surface area contributed by atoms with Gasteiger partial charge in [-0.15, -0.1) is 0 Å². The molecular formula is C16H25ClN2. The molecule has 19 heavy (non-hydrogen) atoms. The fraction of sp³-hybridized carbons (Fsp3) is 0.500. The lowest BCUT2D eigenvalue weighted by molar-refractivity contribution is 0.571. The van der Waals surface area contributed by atoms with E-state index in [1.165, 1.54) is 5.56 Å². The highest BCUT2D eigenvalue weighted by Gasteiger charge is 2.10. The summed E-state index contributed by atoms with van der Waals surface area (Å²) in [6.07, 6.45) is 1.14. The van der Waals surface area contributed by atoms with Crippen LogP contribution in [0.4, 0.5) is 5.69 Å². The van der Waals surface area contributed by atoms with Gasteiger partial charge < -0.3 is 10.2 Å². The maximum Gasteiger partial charge on any atom is 0.0642 e. The predicted octanol–water partition coefficient (Wildman–Crippen LogP) is 4.41. The molecule has 1 unspecified atom stereocenters. The van der Waals surface area contributed by atoms with Gasteiger partial charge in [0.25, 0.3) is 0 Å². The van der Waals surface area contributed by atoms with E-state index in [0.29, 0.717) is 6.04 Å². The third kappa shape index (κ3) is 4.88. The summed E-state index contributed by atoms with van der Waals surface area (Å²) in [7, 11) is 2.04. The Balaban J connectivity index is 2.81. The Labute approximate surface area is 122 Å². The SMILES string of the molecule is C=C(C)CN(C)c1ccc(C(C)NCCC)cc1Cl. The molecule has 0 aliphatic carbocycles. The molecule has 106 valence electrons. The molecule has 1 aromatic carbocycles. The van der Waals surface area contributed by atoms with Crippen LogP contribution in [0.5, 0.6) is 0 Å². The Kier molecular flexibility index (Phi) is 6.40. The molecule has 1 N–H and O–H groups in total. The standard InChI is InChI=1S/C16H25ClN2/c1-6-9-18-13(4)14-7-8-16(15(17)10-14)19(5)11-12(2)3/h7-8,10,13,18H,2,6,9,11H2,1,3-5H3. The van der Waals surface area contributed by atoms with Crippen LogP contribution in [0, 0.1) is 0 Å². The summed E-state index contributed by atoms with van der Waals surface area (Å²) < 4.78 is 0. The van der Waals surface area contributed by atoms with Crippen molar-refractivity contribution in [2.45, 2.75) is 33.2 Å². The van der Waals surface area contributed by atoms with Crippen LogP contribution in [0.15, 0.2) is 30.4 Å². The minimum atomic E-state index is 0.331. The van der Waals surface area contributed by atoms with Crippen LogP contribution in [0.1, 0.15) is 38.8 Å². The summed E-state index contributed by atoms with van der Waals surface area (Å²) in [5, 5.41) is 4.27. The van der Waals surface area contributed by atoms with Crippen molar-refractivity contribution in [1.82, 2.24) is 5.32 Å². The second kappa shape index (κ2) is 7.56. The Hall–Kier alpha value is -0.990. The first kappa shape index (κ1) is 16.1. The predicted molar refractivity (Wildman–Crippen MR) is 86.2 cm³/mol. The Morgan fingerprint density at radius 3 is 2.68 bits per heavy atom. The van der Waals surface area contributed by atoms with E-state index in [0.717, 1.165) is 35.8 Å². The fourth-order valence-electron chi connectivity index (χ4n) is 2.07. The molecule has 0 aliphatic heterocycles. The minimum Gasteiger partial charge on any atom is -0.369 e. The van der Waals surface area contributed by atoms with Gasteiger partial charge in [0, 0.05) is 19.6 Å². The highest BCUT2D eigenvalue weighted by Crippen LogP contribution is 2.28. The van der Waals surface area contributed by atoms with Crippen LogP contribution in [-0.2, 0) is 0 Å². The topological polar surface area (TPSA) is 15.3 Å². The maximum atomic E-state index is 6.39. The summed E-state index contributed by atoms with van der Waals surface area (Å²) in [5.74, 6) is 0. The lowest BCUT2D eigenvalue weighted by Gasteiger charge is -2.22. The maximum absolute atomic E-state index is 6.39. The molecule has 1 atom stereocenters. The van der Waals surface area contributed by atoms with Crippen molar-refractivity contribution in [2.75, 3.05) is 25.0 Å². The quantitative estimate of drug-likeness (QED) is 0.744. The number of nitrogens with one attached hydrogen (secondary N) is 1. The summed E-state index contributed by atoms with van der Waals surface area (Å²) in [6, 6.07) is 6.62. The van der Waals surface area contributed by atoms with E-state index in [1.54, 1.807) is 0 Å². The van der Waals surface area contributed by atoms with Crippen molar-refractivity contribution in [3.8, 4) is 0 Å². The molecule has 0 bridgehead atoms. The Bertz CT molecular complexity index is 429. The van der Waals surface area contributed by atoms with Gasteiger partial charge >= 0.3 is 0 Å². The molecule has 0 saturated heterocycles. The fourth-order valence-corrected chi connectivity index (χ4v) is 2.40. The van der Waals surface area contributed by atoms with Gasteiger partial charge in [0.1, 0.15) is 0 Å². The minimum absolute atomic E-state index is 0.331. The van der Waals surface area contributed by atoms with E-state index in [2.05, 4.69) is 48.8 Å². The average Bonchev–Trinajstić information content (AvgIpc) is 2.34. The Morgan fingerprint density at radius 1 is 1.47 bits per heavy atom. The van der Waals surface area contributed by atoms with Gasteiger partial charge in [0.2, 0.25) is 0 Å². The second-order valence-electron chi connectivity index (χ2n) is 5.20. The molecule has 0 aliphatic rings. The van der Waals surface area contributed by atoms with Gasteiger partial charge in [0.15, 0.2) is 0 Å². The molecule has 1 rings (SSSR count). The molecule has 1 aromatic rings. The first-order chi connectivity index (χ1) is 8.95. The number of rotatable bonds is 7. The summed E-state index contributed by atoms with van der Waals surface area (Å²) in [6.45, 7) is 12.1. The van der Waals surface area contributed by atoms with Crippen molar-refractivity contribution >= 4 is 17.3 Å². The van der Waals surface area contributed by atoms with Crippen molar-refractivity contribution in [1.29, 1.82) is 0 Å². The van der Waals surface area contributed by atoms with E-state index in [1.807, 2.05) is 14.0 Å². The molecule has 0 heterocycles. The van der Waals surface area contributed by atoms with E-state index >= 15 is 0 Å². The summed E-state index contributed by atoms with van der Waals surface area (Å²) in [4.78, 5) is 2.12. The highest BCUT2D eigenvalue weighted by molar-refractivity contribution is 6.33. The second-order valence-corrected chi connectivity index (χ2v) is 5.61. The third-order valence-electron chi connectivity index (χ3n) is 3.09. The number of benzene rings is 1. The van der Waals surface area contributed by atoms with Gasteiger partial charge in [-0.2, -0.15) is 0 Å². The van der Waals surface area contributed by atoms with Crippen LogP contribution < -0.4 is 10.2 Å².